The number of benzene rings is 1. The van der Waals surface area contributed by atoms with Crippen molar-refractivity contribution in [3.05, 3.63) is 57.4 Å². The van der Waals surface area contributed by atoms with Crippen LogP contribution in [-0.4, -0.2) is 57.0 Å². The van der Waals surface area contributed by atoms with E-state index in [1.165, 1.54) is 24.3 Å². The van der Waals surface area contributed by atoms with Gasteiger partial charge in [-0.2, -0.15) is 10.5 Å². The molecule has 11 heteroatoms. The van der Waals surface area contributed by atoms with E-state index in [1.807, 2.05) is 12.1 Å². The molecule has 2 rings (SSSR count). The fraction of sp³-hybridized carbons (Fsp3) is 0.182. The van der Waals surface area contributed by atoms with Gasteiger partial charge in [0.15, 0.2) is 0 Å². The van der Waals surface area contributed by atoms with E-state index in [1.54, 1.807) is 0 Å². The third-order valence-electron chi connectivity index (χ3n) is 4.45. The lowest BCUT2D eigenvalue weighted by Crippen LogP contribution is -2.14. The second-order valence-corrected chi connectivity index (χ2v) is 6.16. The van der Waals surface area contributed by atoms with Crippen LogP contribution >= 0.6 is 0 Å². The lowest BCUT2D eigenvalue weighted by atomic mass is 9.96. The van der Waals surface area contributed by atoms with Gasteiger partial charge in [0.1, 0.15) is 11.8 Å². The molecule has 0 N–H and O–H groups in total. The van der Waals surface area contributed by atoms with E-state index in [4.69, 9.17) is 14.2 Å². The number of hydrogen-bond acceptors (Lipinski definition) is 10. The molecule has 0 radical (unpaired) electrons. The summed E-state index contributed by atoms with van der Waals surface area (Å²) in [4.78, 5) is 48.9. The zero-order valence-electron chi connectivity index (χ0n) is 18.0. The number of ether oxygens (including phenoxy) is 4. The number of carbonyl (C=O) groups is 4. The van der Waals surface area contributed by atoms with Crippen LogP contribution in [0.4, 0.5) is 4.79 Å². The summed E-state index contributed by atoms with van der Waals surface area (Å²) in [6.45, 7) is 0. The Morgan fingerprint density at radius 3 is 1.94 bits per heavy atom. The lowest BCUT2D eigenvalue weighted by molar-refractivity contribution is 0.0555. The van der Waals surface area contributed by atoms with Gasteiger partial charge >= 0.3 is 24.0 Å². The maximum absolute atomic E-state index is 12.4. The number of rotatable bonds is 5. The van der Waals surface area contributed by atoms with Gasteiger partial charge in [0, 0.05) is 11.8 Å². The fourth-order valence-electron chi connectivity index (χ4n) is 2.95. The molecule has 0 fully saturated rings. The summed E-state index contributed by atoms with van der Waals surface area (Å²) in [6, 6.07) is 6.15. The highest BCUT2D eigenvalue weighted by molar-refractivity contribution is 6.07. The van der Waals surface area contributed by atoms with Gasteiger partial charge in [-0.25, -0.2) is 23.7 Å². The molecule has 0 bridgehead atoms. The molecule has 0 aliphatic rings. The van der Waals surface area contributed by atoms with E-state index in [0.717, 1.165) is 39.2 Å². The SMILES string of the molecule is COC(=O)c1cn(C(=O)OC)c(C#N)c1/C=C/c1cc(C#N)cc(C(=O)OC)c1C(=O)OC. The van der Waals surface area contributed by atoms with Crippen molar-refractivity contribution in [2.75, 3.05) is 28.4 Å². The summed E-state index contributed by atoms with van der Waals surface area (Å²) in [5.41, 5.74) is -0.736. The Bertz CT molecular complexity index is 1260. The standard InChI is InChI=1S/C22H17N3O8/c1-30-19(26)15-8-12(9-23)7-13(18(15)21(28)32-3)5-6-14-16(20(27)31-2)11-25(17(14)10-24)22(29)33-4/h5-8,11H,1-4H3/b6-5+. The van der Waals surface area contributed by atoms with Crippen LogP contribution in [0.1, 0.15) is 53.5 Å². The zero-order chi connectivity index (χ0) is 24.7. The highest BCUT2D eigenvalue weighted by Crippen LogP contribution is 2.25. The van der Waals surface area contributed by atoms with Gasteiger partial charge < -0.3 is 18.9 Å². The predicted molar refractivity (Wildman–Crippen MR) is 111 cm³/mol. The van der Waals surface area contributed by atoms with Crippen LogP contribution < -0.4 is 0 Å². The molecule has 11 nitrogen and oxygen atoms in total. The number of methoxy groups -OCH3 is 4. The number of esters is 3. The Hall–Kier alpha value is -4.90. The molecule has 0 atom stereocenters. The molecule has 0 unspecified atom stereocenters. The Balaban J connectivity index is 2.84. The topological polar surface area (TPSA) is 158 Å². The summed E-state index contributed by atoms with van der Waals surface area (Å²) < 4.78 is 19.6. The van der Waals surface area contributed by atoms with E-state index < -0.39 is 24.0 Å². The van der Waals surface area contributed by atoms with Gasteiger partial charge in [0.2, 0.25) is 0 Å². The molecule has 0 aliphatic heterocycles. The van der Waals surface area contributed by atoms with Gasteiger partial charge in [-0.3, -0.25) is 0 Å². The van der Waals surface area contributed by atoms with Crippen LogP contribution in [0.15, 0.2) is 18.3 Å². The summed E-state index contributed by atoms with van der Waals surface area (Å²) in [5, 5.41) is 18.9. The van der Waals surface area contributed by atoms with Crippen molar-refractivity contribution in [3.63, 3.8) is 0 Å². The first-order valence-corrected chi connectivity index (χ1v) is 9.02. The highest BCUT2D eigenvalue weighted by Gasteiger charge is 2.25. The van der Waals surface area contributed by atoms with Crippen LogP contribution in [0, 0.1) is 22.7 Å². The third-order valence-corrected chi connectivity index (χ3v) is 4.45. The van der Waals surface area contributed by atoms with Gasteiger partial charge in [-0.05, 0) is 17.7 Å². The van der Waals surface area contributed by atoms with Crippen LogP contribution in [0.2, 0.25) is 0 Å². The van der Waals surface area contributed by atoms with E-state index in [9.17, 15) is 29.7 Å². The predicted octanol–water partition coefficient (Wildman–Crippen LogP) is 2.38. The first kappa shape index (κ1) is 24.4. The first-order valence-electron chi connectivity index (χ1n) is 9.02. The van der Waals surface area contributed by atoms with Crippen LogP contribution in [-0.2, 0) is 18.9 Å². The Labute approximate surface area is 187 Å². The minimum Gasteiger partial charge on any atom is -0.465 e. The van der Waals surface area contributed by atoms with Crippen LogP contribution in [0.25, 0.3) is 12.2 Å². The molecule has 0 saturated carbocycles. The smallest absolute Gasteiger partial charge is 0.418 e. The molecular formula is C22H17N3O8. The lowest BCUT2D eigenvalue weighted by Gasteiger charge is -2.10. The molecule has 2 aromatic rings. The van der Waals surface area contributed by atoms with E-state index in [-0.39, 0.29) is 39.1 Å². The average molecular weight is 451 g/mol. The zero-order valence-corrected chi connectivity index (χ0v) is 18.0. The van der Waals surface area contributed by atoms with Gasteiger partial charge in [-0.15, -0.1) is 0 Å². The molecule has 1 aromatic heterocycles. The molecule has 0 aliphatic carbocycles. The Morgan fingerprint density at radius 2 is 1.42 bits per heavy atom. The van der Waals surface area contributed by atoms with Crippen molar-refractivity contribution in [3.8, 4) is 12.1 Å². The van der Waals surface area contributed by atoms with Crippen LogP contribution in [0.3, 0.4) is 0 Å². The number of aromatic nitrogens is 1. The average Bonchev–Trinajstić information content (AvgIpc) is 3.23. The quantitative estimate of drug-likeness (QED) is 0.488. The molecule has 168 valence electrons. The highest BCUT2D eigenvalue weighted by atomic mass is 16.5. The molecule has 1 heterocycles. The molecule has 33 heavy (non-hydrogen) atoms. The largest absolute Gasteiger partial charge is 0.465 e. The van der Waals surface area contributed by atoms with E-state index in [2.05, 4.69) is 4.74 Å². The van der Waals surface area contributed by atoms with Crippen molar-refractivity contribution in [1.82, 2.24) is 4.57 Å². The van der Waals surface area contributed by atoms with Crippen molar-refractivity contribution in [1.29, 1.82) is 10.5 Å². The number of hydrogen-bond donors (Lipinski definition) is 0. The van der Waals surface area contributed by atoms with E-state index in [0.29, 0.717) is 0 Å². The first-order chi connectivity index (χ1) is 15.8. The normalized spacial score (nSPS) is 10.1. The fourth-order valence-corrected chi connectivity index (χ4v) is 2.95. The maximum atomic E-state index is 12.4. The molecule has 0 amide bonds. The molecular weight excluding hydrogens is 434 g/mol. The number of carbonyl (C=O) groups excluding carboxylic acids is 4. The Morgan fingerprint density at radius 1 is 0.818 bits per heavy atom. The van der Waals surface area contributed by atoms with Gasteiger partial charge in [-0.1, -0.05) is 12.2 Å². The maximum Gasteiger partial charge on any atom is 0.418 e. The van der Waals surface area contributed by atoms with Gasteiger partial charge in [0.05, 0.1) is 56.8 Å². The Kier molecular flexibility index (Phi) is 7.69. The van der Waals surface area contributed by atoms with Crippen LogP contribution in [0.5, 0.6) is 0 Å². The van der Waals surface area contributed by atoms with Gasteiger partial charge in [0.25, 0.3) is 0 Å². The van der Waals surface area contributed by atoms with Crippen molar-refractivity contribution < 1.29 is 38.1 Å². The second kappa shape index (κ2) is 10.4. The minimum atomic E-state index is -0.925. The van der Waals surface area contributed by atoms with Crippen molar-refractivity contribution in [2.24, 2.45) is 0 Å². The van der Waals surface area contributed by atoms with Crippen molar-refractivity contribution >= 4 is 36.2 Å². The molecule has 0 saturated heterocycles. The number of nitriles is 2. The monoisotopic (exact) mass is 451 g/mol. The summed E-state index contributed by atoms with van der Waals surface area (Å²) in [5.74, 6) is -2.62. The second-order valence-electron chi connectivity index (χ2n) is 6.16. The van der Waals surface area contributed by atoms with Crippen molar-refractivity contribution in [2.45, 2.75) is 0 Å². The van der Waals surface area contributed by atoms with E-state index >= 15 is 0 Å². The summed E-state index contributed by atoms with van der Waals surface area (Å²) in [7, 11) is 4.43. The third kappa shape index (κ3) is 4.73. The molecule has 0 spiro atoms. The number of nitrogens with zero attached hydrogens (tertiary/aromatic N) is 3. The molecule has 1 aromatic carbocycles. The summed E-state index contributed by atoms with van der Waals surface area (Å²) in [6.07, 6.45) is 2.69. The summed E-state index contributed by atoms with van der Waals surface area (Å²) >= 11 is 0. The minimum absolute atomic E-state index is 0.0208.